The number of halogens is 2. The summed E-state index contributed by atoms with van der Waals surface area (Å²) in [6.45, 7) is 0. The molecule has 111 valence electrons. The van der Waals surface area contributed by atoms with Crippen molar-refractivity contribution in [3.8, 4) is 11.1 Å². The van der Waals surface area contributed by atoms with Crippen molar-refractivity contribution in [3.05, 3.63) is 81.2 Å². The number of allylic oxidation sites excluding steroid dienone is 4. The van der Waals surface area contributed by atoms with Gasteiger partial charge in [0.1, 0.15) is 0 Å². The van der Waals surface area contributed by atoms with Crippen molar-refractivity contribution in [3.63, 3.8) is 0 Å². The van der Waals surface area contributed by atoms with E-state index in [0.29, 0.717) is 3.63 Å². The Bertz CT molecular complexity index is 688. The molecule has 0 heterocycles. The van der Waals surface area contributed by atoms with E-state index in [1.54, 1.807) is 14.4 Å². The summed E-state index contributed by atoms with van der Waals surface area (Å²) in [6, 6.07) is 18.1. The summed E-state index contributed by atoms with van der Waals surface area (Å²) in [4.78, 5) is 0. The minimum Gasteiger partial charge on any atom is -1.00 e. The van der Waals surface area contributed by atoms with Crippen molar-refractivity contribution in [2.45, 2.75) is 14.7 Å². The summed E-state index contributed by atoms with van der Waals surface area (Å²) < 4.78 is 5.03. The minimum atomic E-state index is -1.63. The quantitative estimate of drug-likeness (QED) is 0.616. The summed E-state index contributed by atoms with van der Waals surface area (Å²) >= 11 is -1.63. The second-order valence-electron chi connectivity index (χ2n) is 5.61. The Hall–Kier alpha value is -0.617. The number of hydrogen-bond donors (Lipinski definition) is 0. The average Bonchev–Trinajstić information content (AvgIpc) is 3.13. The third kappa shape index (κ3) is 2.80. The van der Waals surface area contributed by atoms with E-state index in [9.17, 15) is 0 Å². The molecule has 2 aliphatic carbocycles. The maximum absolute atomic E-state index is 2.57. The molecule has 2 aliphatic rings. The SMILES string of the molecule is [CH3][Zr+2]([C]1=CC=CC1)[CH]1c2ccccc2-c2ccccc21.[Cl-].[Cl-]. The van der Waals surface area contributed by atoms with Gasteiger partial charge < -0.3 is 24.8 Å². The predicted molar refractivity (Wildman–Crippen MR) is 81.4 cm³/mol. The van der Waals surface area contributed by atoms with E-state index in [1.165, 1.54) is 17.5 Å². The van der Waals surface area contributed by atoms with E-state index in [4.69, 9.17) is 0 Å². The molecular formula is C19H17Cl2Zr. The van der Waals surface area contributed by atoms with Gasteiger partial charge in [-0.3, -0.25) is 0 Å². The first kappa shape index (κ1) is 17.7. The summed E-state index contributed by atoms with van der Waals surface area (Å²) in [7, 11) is 0. The van der Waals surface area contributed by atoms with Crippen LogP contribution in [0.2, 0.25) is 4.63 Å². The fraction of sp³-hybridized carbons (Fsp3) is 0.158. The first-order valence-electron chi connectivity index (χ1n) is 7.24. The van der Waals surface area contributed by atoms with Gasteiger partial charge in [-0.15, -0.1) is 0 Å². The molecule has 22 heavy (non-hydrogen) atoms. The van der Waals surface area contributed by atoms with Crippen LogP contribution in [-0.2, 0) is 21.8 Å². The van der Waals surface area contributed by atoms with Gasteiger partial charge in [0, 0.05) is 0 Å². The molecule has 0 radical (unpaired) electrons. The van der Waals surface area contributed by atoms with Crippen LogP contribution in [0.15, 0.2) is 70.0 Å². The van der Waals surface area contributed by atoms with Crippen LogP contribution in [0.5, 0.6) is 0 Å². The van der Waals surface area contributed by atoms with E-state index in [1.807, 2.05) is 0 Å². The van der Waals surface area contributed by atoms with Crippen molar-refractivity contribution < 1.29 is 46.6 Å². The van der Waals surface area contributed by atoms with Gasteiger partial charge in [0.2, 0.25) is 0 Å². The number of hydrogen-bond acceptors (Lipinski definition) is 0. The van der Waals surface area contributed by atoms with Crippen molar-refractivity contribution in [2.75, 3.05) is 0 Å². The van der Waals surface area contributed by atoms with Gasteiger partial charge in [-0.05, 0) is 0 Å². The van der Waals surface area contributed by atoms with Crippen molar-refractivity contribution in [1.29, 1.82) is 0 Å². The monoisotopic (exact) mass is 405 g/mol. The number of benzene rings is 2. The smallest absolute Gasteiger partial charge is 1.00 e. The van der Waals surface area contributed by atoms with Crippen molar-refractivity contribution in [2.24, 2.45) is 0 Å². The topological polar surface area (TPSA) is 0 Å². The van der Waals surface area contributed by atoms with Crippen LogP contribution < -0.4 is 24.8 Å². The molecule has 0 fully saturated rings. The van der Waals surface area contributed by atoms with Gasteiger partial charge >= 0.3 is 129 Å². The maximum Gasteiger partial charge on any atom is -1.00 e. The van der Waals surface area contributed by atoms with Gasteiger partial charge in [-0.2, -0.15) is 0 Å². The van der Waals surface area contributed by atoms with E-state index < -0.39 is 21.8 Å². The van der Waals surface area contributed by atoms with Crippen LogP contribution in [0.3, 0.4) is 0 Å². The Balaban J connectivity index is 0.000000882. The van der Waals surface area contributed by atoms with Crippen LogP contribution in [-0.4, -0.2) is 0 Å². The van der Waals surface area contributed by atoms with Crippen LogP contribution in [0, 0.1) is 0 Å². The molecule has 0 spiro atoms. The van der Waals surface area contributed by atoms with Gasteiger partial charge in [0.15, 0.2) is 0 Å². The van der Waals surface area contributed by atoms with E-state index in [-0.39, 0.29) is 24.8 Å². The van der Waals surface area contributed by atoms with E-state index in [2.05, 4.69) is 71.4 Å². The Labute approximate surface area is 152 Å². The predicted octanol–water partition coefficient (Wildman–Crippen LogP) is -0.725. The molecule has 0 aliphatic heterocycles. The van der Waals surface area contributed by atoms with Crippen molar-refractivity contribution >= 4 is 0 Å². The van der Waals surface area contributed by atoms with E-state index >= 15 is 0 Å². The number of rotatable bonds is 2. The first-order valence-corrected chi connectivity index (χ1v) is 12.3. The zero-order chi connectivity index (χ0) is 13.5. The molecule has 0 N–H and O–H groups in total. The molecule has 2 aromatic rings. The van der Waals surface area contributed by atoms with Crippen LogP contribution >= 0.6 is 0 Å². The molecule has 0 aromatic heterocycles. The molecule has 0 saturated heterocycles. The summed E-state index contributed by atoms with van der Waals surface area (Å²) in [5.74, 6) is 0. The van der Waals surface area contributed by atoms with E-state index in [0.717, 1.165) is 0 Å². The zero-order valence-corrected chi connectivity index (χ0v) is 16.4. The first-order chi connectivity index (χ1) is 9.86. The molecule has 0 amide bonds. The fourth-order valence-electron chi connectivity index (χ4n) is 3.55. The molecule has 0 unspecified atom stereocenters. The average molecular weight is 407 g/mol. The fourth-order valence-corrected chi connectivity index (χ4v) is 9.95. The Kier molecular flexibility index (Phi) is 5.89. The molecule has 3 heteroatoms. The second-order valence-corrected chi connectivity index (χ2v) is 12.0. The molecule has 4 rings (SSSR count). The molecule has 0 saturated carbocycles. The molecule has 2 aromatic carbocycles. The Morgan fingerprint density at radius 3 is 1.91 bits per heavy atom. The van der Waals surface area contributed by atoms with Crippen LogP contribution in [0.25, 0.3) is 11.1 Å². The largest absolute Gasteiger partial charge is 1.00 e. The molecule has 0 bridgehead atoms. The van der Waals surface area contributed by atoms with Gasteiger partial charge in [0.25, 0.3) is 0 Å². The normalized spacial score (nSPS) is 14.5. The van der Waals surface area contributed by atoms with Gasteiger partial charge in [-0.1, -0.05) is 0 Å². The maximum atomic E-state index is 2.57. The summed E-state index contributed by atoms with van der Waals surface area (Å²) in [6.07, 6.45) is 8.14. The summed E-state index contributed by atoms with van der Waals surface area (Å²) in [5, 5.41) is 0. The Morgan fingerprint density at radius 1 is 0.864 bits per heavy atom. The molecular weight excluding hydrogens is 390 g/mol. The molecule has 0 nitrogen and oxygen atoms in total. The van der Waals surface area contributed by atoms with Gasteiger partial charge in [0.05, 0.1) is 0 Å². The molecule has 0 atom stereocenters. The standard InChI is InChI=1S/C13H9.C5H5.CH3.2ClH.Zr/c1-3-7-12-10(5-1)9-11-6-2-4-8-13(11)12;1-2-4-5-3-1;;;;/h1-9H;1-3H,4H2;1H3;2*1H;/q;;;;;+2/p-2. The Morgan fingerprint density at radius 2 is 1.41 bits per heavy atom. The minimum absolute atomic E-state index is 0. The van der Waals surface area contributed by atoms with Crippen molar-refractivity contribution in [1.82, 2.24) is 0 Å². The third-order valence-electron chi connectivity index (χ3n) is 4.54. The summed E-state index contributed by atoms with van der Waals surface area (Å²) in [5.41, 5.74) is 6.11. The van der Waals surface area contributed by atoms with Crippen LogP contribution in [0.4, 0.5) is 0 Å². The number of fused-ring (bicyclic) bond motifs is 3. The third-order valence-corrected chi connectivity index (χ3v) is 11.6. The zero-order valence-electron chi connectivity index (χ0n) is 12.4. The van der Waals surface area contributed by atoms with Crippen LogP contribution in [0.1, 0.15) is 21.2 Å². The second kappa shape index (κ2) is 7.30. The van der Waals surface area contributed by atoms with Gasteiger partial charge in [-0.25, -0.2) is 0 Å².